The molecule has 0 aliphatic carbocycles. The Morgan fingerprint density at radius 1 is 1.22 bits per heavy atom. The standard InChI is InChI=1S/C19H19BrN4O3/c1-12-17(13-5-7-14(20)8-6-13)18(24(2)23-12)22-16(25)9-10-21-19(26)15-4-3-11-27-15/h3-8,11H,9-10H2,1-2H3,(H,21,26)(H,22,25). The first-order chi connectivity index (χ1) is 13.0. The van der Waals surface area contributed by atoms with Crippen LogP contribution in [0.5, 0.6) is 0 Å². The molecule has 27 heavy (non-hydrogen) atoms. The molecule has 0 spiro atoms. The molecule has 3 aromatic rings. The van der Waals surface area contributed by atoms with Gasteiger partial charge in [0.1, 0.15) is 5.82 Å². The Morgan fingerprint density at radius 3 is 2.63 bits per heavy atom. The van der Waals surface area contributed by atoms with E-state index in [-0.39, 0.29) is 30.5 Å². The quantitative estimate of drug-likeness (QED) is 0.625. The minimum Gasteiger partial charge on any atom is -0.459 e. The van der Waals surface area contributed by atoms with E-state index in [1.807, 2.05) is 31.2 Å². The highest BCUT2D eigenvalue weighted by atomic mass is 79.9. The van der Waals surface area contributed by atoms with E-state index in [4.69, 9.17) is 4.42 Å². The van der Waals surface area contributed by atoms with Crippen LogP contribution in [0.25, 0.3) is 11.1 Å². The summed E-state index contributed by atoms with van der Waals surface area (Å²) >= 11 is 3.42. The van der Waals surface area contributed by atoms with E-state index in [2.05, 4.69) is 31.7 Å². The Labute approximate surface area is 164 Å². The lowest BCUT2D eigenvalue weighted by Gasteiger charge is -2.10. The maximum absolute atomic E-state index is 12.3. The van der Waals surface area contributed by atoms with Crippen molar-refractivity contribution in [1.29, 1.82) is 0 Å². The van der Waals surface area contributed by atoms with Gasteiger partial charge in [-0.2, -0.15) is 5.10 Å². The Bertz CT molecular complexity index is 946. The zero-order valence-electron chi connectivity index (χ0n) is 15.0. The van der Waals surface area contributed by atoms with Crippen molar-refractivity contribution in [1.82, 2.24) is 15.1 Å². The van der Waals surface area contributed by atoms with E-state index < -0.39 is 0 Å². The van der Waals surface area contributed by atoms with Crippen LogP contribution >= 0.6 is 15.9 Å². The van der Waals surface area contributed by atoms with Gasteiger partial charge in [-0.25, -0.2) is 0 Å². The molecular weight excluding hydrogens is 412 g/mol. The first kappa shape index (κ1) is 18.9. The SMILES string of the molecule is Cc1nn(C)c(NC(=O)CCNC(=O)c2ccco2)c1-c1ccc(Br)cc1. The molecule has 3 rings (SSSR count). The topological polar surface area (TPSA) is 89.2 Å². The summed E-state index contributed by atoms with van der Waals surface area (Å²) in [6.07, 6.45) is 1.56. The monoisotopic (exact) mass is 430 g/mol. The van der Waals surface area contributed by atoms with E-state index in [1.165, 1.54) is 6.26 Å². The molecule has 7 nitrogen and oxygen atoms in total. The largest absolute Gasteiger partial charge is 0.459 e. The number of carbonyl (C=O) groups excluding carboxylic acids is 2. The van der Waals surface area contributed by atoms with Gasteiger partial charge in [-0.15, -0.1) is 0 Å². The number of furan rings is 1. The third kappa shape index (κ3) is 4.46. The van der Waals surface area contributed by atoms with Gasteiger partial charge in [0.05, 0.1) is 12.0 Å². The van der Waals surface area contributed by atoms with Crippen LogP contribution in [-0.4, -0.2) is 28.1 Å². The Hall–Kier alpha value is -2.87. The summed E-state index contributed by atoms with van der Waals surface area (Å²) in [4.78, 5) is 24.2. The summed E-state index contributed by atoms with van der Waals surface area (Å²) in [6.45, 7) is 2.10. The highest BCUT2D eigenvalue weighted by molar-refractivity contribution is 9.10. The number of carbonyl (C=O) groups is 2. The lowest BCUT2D eigenvalue weighted by molar-refractivity contribution is -0.116. The van der Waals surface area contributed by atoms with Gasteiger partial charge in [-0.05, 0) is 36.8 Å². The van der Waals surface area contributed by atoms with E-state index in [0.29, 0.717) is 5.82 Å². The summed E-state index contributed by atoms with van der Waals surface area (Å²) in [6, 6.07) is 11.0. The van der Waals surface area contributed by atoms with Crippen molar-refractivity contribution >= 4 is 33.6 Å². The van der Waals surface area contributed by atoms with Gasteiger partial charge in [-0.1, -0.05) is 28.1 Å². The second-order valence-corrected chi connectivity index (χ2v) is 6.89. The van der Waals surface area contributed by atoms with Gasteiger partial charge >= 0.3 is 0 Å². The average molecular weight is 431 g/mol. The second kappa shape index (κ2) is 8.22. The van der Waals surface area contributed by atoms with Gasteiger partial charge in [0, 0.05) is 30.0 Å². The molecular formula is C19H19BrN4O3. The van der Waals surface area contributed by atoms with Gasteiger partial charge in [-0.3, -0.25) is 14.3 Å². The van der Waals surface area contributed by atoms with Gasteiger partial charge in [0.15, 0.2) is 5.76 Å². The third-order valence-corrected chi connectivity index (χ3v) is 4.52. The van der Waals surface area contributed by atoms with Crippen LogP contribution in [0.4, 0.5) is 5.82 Å². The van der Waals surface area contributed by atoms with Crippen molar-refractivity contribution in [2.24, 2.45) is 7.05 Å². The molecule has 1 aromatic carbocycles. The summed E-state index contributed by atoms with van der Waals surface area (Å²) in [5.74, 6) is 0.281. The van der Waals surface area contributed by atoms with Crippen LogP contribution in [0.15, 0.2) is 51.6 Å². The van der Waals surface area contributed by atoms with E-state index in [9.17, 15) is 9.59 Å². The van der Waals surface area contributed by atoms with Gasteiger partial charge in [0.2, 0.25) is 5.91 Å². The Morgan fingerprint density at radius 2 is 1.96 bits per heavy atom. The number of anilines is 1. The molecule has 0 aliphatic heterocycles. The van der Waals surface area contributed by atoms with Crippen LogP contribution in [0, 0.1) is 6.92 Å². The lowest BCUT2D eigenvalue weighted by Crippen LogP contribution is -2.27. The van der Waals surface area contributed by atoms with Crippen molar-refractivity contribution in [2.45, 2.75) is 13.3 Å². The van der Waals surface area contributed by atoms with Crippen molar-refractivity contribution in [2.75, 3.05) is 11.9 Å². The summed E-state index contributed by atoms with van der Waals surface area (Å²) in [5, 5.41) is 9.96. The fourth-order valence-electron chi connectivity index (χ4n) is 2.74. The number of nitrogens with zero attached hydrogens (tertiary/aromatic N) is 2. The van der Waals surface area contributed by atoms with Gasteiger partial charge in [0.25, 0.3) is 5.91 Å². The fourth-order valence-corrected chi connectivity index (χ4v) is 3.01. The zero-order valence-corrected chi connectivity index (χ0v) is 16.5. The summed E-state index contributed by atoms with van der Waals surface area (Å²) < 4.78 is 7.63. The number of amides is 2. The molecule has 0 atom stereocenters. The van der Waals surface area contributed by atoms with E-state index >= 15 is 0 Å². The molecule has 2 amide bonds. The molecule has 2 aromatic heterocycles. The highest BCUT2D eigenvalue weighted by Gasteiger charge is 2.17. The number of hydrogen-bond acceptors (Lipinski definition) is 4. The van der Waals surface area contributed by atoms with Crippen molar-refractivity contribution in [3.63, 3.8) is 0 Å². The second-order valence-electron chi connectivity index (χ2n) is 5.97. The van der Waals surface area contributed by atoms with Crippen LogP contribution in [-0.2, 0) is 11.8 Å². The highest BCUT2D eigenvalue weighted by Crippen LogP contribution is 2.31. The van der Waals surface area contributed by atoms with E-state index in [1.54, 1.807) is 23.9 Å². The number of aryl methyl sites for hydroxylation is 2. The molecule has 0 bridgehead atoms. The number of aromatic nitrogens is 2. The molecule has 0 saturated carbocycles. The molecule has 0 saturated heterocycles. The average Bonchev–Trinajstić information content (AvgIpc) is 3.25. The van der Waals surface area contributed by atoms with Crippen molar-refractivity contribution < 1.29 is 14.0 Å². The third-order valence-electron chi connectivity index (χ3n) is 4.00. The number of hydrogen-bond donors (Lipinski definition) is 2. The predicted octanol–water partition coefficient (Wildman–Crippen LogP) is 3.51. The van der Waals surface area contributed by atoms with Crippen LogP contribution in [0.2, 0.25) is 0 Å². The van der Waals surface area contributed by atoms with Crippen LogP contribution in [0.1, 0.15) is 22.7 Å². The minimum absolute atomic E-state index is 0.135. The summed E-state index contributed by atoms with van der Waals surface area (Å²) in [5.41, 5.74) is 2.66. The maximum Gasteiger partial charge on any atom is 0.286 e. The molecule has 0 fully saturated rings. The molecule has 0 radical (unpaired) electrons. The van der Waals surface area contributed by atoms with Crippen molar-refractivity contribution in [3.05, 3.63) is 58.6 Å². The molecule has 140 valence electrons. The number of benzene rings is 1. The zero-order chi connectivity index (χ0) is 19.4. The maximum atomic E-state index is 12.3. The van der Waals surface area contributed by atoms with Crippen molar-refractivity contribution in [3.8, 4) is 11.1 Å². The lowest BCUT2D eigenvalue weighted by atomic mass is 10.1. The molecule has 0 unspecified atom stereocenters. The first-order valence-electron chi connectivity index (χ1n) is 8.37. The van der Waals surface area contributed by atoms with Crippen LogP contribution in [0.3, 0.4) is 0 Å². The first-order valence-corrected chi connectivity index (χ1v) is 9.16. The predicted molar refractivity (Wildman–Crippen MR) is 105 cm³/mol. The Kier molecular flexibility index (Phi) is 5.75. The van der Waals surface area contributed by atoms with Gasteiger partial charge < -0.3 is 15.1 Å². The summed E-state index contributed by atoms with van der Waals surface area (Å²) in [7, 11) is 1.78. The number of halogens is 1. The fraction of sp³-hybridized carbons (Fsp3) is 0.211. The molecule has 2 heterocycles. The minimum atomic E-state index is -0.347. The Balaban J connectivity index is 1.65. The molecule has 8 heteroatoms. The molecule has 2 N–H and O–H groups in total. The number of rotatable bonds is 6. The normalized spacial score (nSPS) is 10.6. The smallest absolute Gasteiger partial charge is 0.286 e. The molecule has 0 aliphatic rings. The number of nitrogens with one attached hydrogen (secondary N) is 2. The van der Waals surface area contributed by atoms with E-state index in [0.717, 1.165) is 21.3 Å². The van der Waals surface area contributed by atoms with Crippen LogP contribution < -0.4 is 10.6 Å².